The summed E-state index contributed by atoms with van der Waals surface area (Å²) < 4.78 is 0. The largest absolute Gasteiger partial charge is 0.324 e. The van der Waals surface area contributed by atoms with Gasteiger partial charge in [0.1, 0.15) is 0 Å². The molecule has 0 bridgehead atoms. The maximum absolute atomic E-state index is 6.29. The van der Waals surface area contributed by atoms with Gasteiger partial charge in [-0.05, 0) is 43.9 Å². The molecule has 0 aliphatic heterocycles. The van der Waals surface area contributed by atoms with Crippen LogP contribution in [-0.4, -0.2) is 18.6 Å². The van der Waals surface area contributed by atoms with Gasteiger partial charge in [0.05, 0.1) is 0 Å². The van der Waals surface area contributed by atoms with Crippen LogP contribution < -0.4 is 11.1 Å². The van der Waals surface area contributed by atoms with Gasteiger partial charge in [0, 0.05) is 18.6 Å². The summed E-state index contributed by atoms with van der Waals surface area (Å²) in [6.45, 7) is 6.77. The van der Waals surface area contributed by atoms with Gasteiger partial charge in [-0.3, -0.25) is 0 Å². The Hall–Kier alpha value is -0.0800. The first-order valence-electron chi connectivity index (χ1n) is 6.52. The zero-order chi connectivity index (χ0) is 10.9. The molecule has 2 fully saturated rings. The molecule has 0 aromatic rings. The quantitative estimate of drug-likeness (QED) is 0.730. The van der Waals surface area contributed by atoms with Gasteiger partial charge in [-0.25, -0.2) is 0 Å². The molecule has 3 N–H and O–H groups in total. The van der Waals surface area contributed by atoms with Gasteiger partial charge in [0.2, 0.25) is 0 Å². The molecule has 0 heterocycles. The molecule has 2 aliphatic rings. The van der Waals surface area contributed by atoms with Crippen molar-refractivity contribution in [1.29, 1.82) is 0 Å². The van der Waals surface area contributed by atoms with E-state index in [0.717, 1.165) is 19.0 Å². The Balaban J connectivity index is 1.69. The minimum absolute atomic E-state index is 0.0367. The second kappa shape index (κ2) is 4.06. The number of hydrogen-bond donors (Lipinski definition) is 2. The summed E-state index contributed by atoms with van der Waals surface area (Å²) in [5, 5.41) is 3.60. The lowest BCUT2D eigenvalue weighted by Gasteiger charge is -2.29. The Bertz CT molecular complexity index is 208. The summed E-state index contributed by atoms with van der Waals surface area (Å²) in [5.41, 5.74) is 6.88. The van der Waals surface area contributed by atoms with Crippen molar-refractivity contribution >= 4 is 0 Å². The van der Waals surface area contributed by atoms with Crippen molar-refractivity contribution in [3.63, 3.8) is 0 Å². The van der Waals surface area contributed by atoms with Crippen LogP contribution >= 0.6 is 0 Å². The van der Waals surface area contributed by atoms with Crippen LogP contribution in [0.4, 0.5) is 0 Å². The third-order valence-electron chi connectivity index (χ3n) is 4.38. The zero-order valence-electron chi connectivity index (χ0n) is 10.3. The molecule has 2 aliphatic carbocycles. The van der Waals surface area contributed by atoms with E-state index in [4.69, 9.17) is 5.73 Å². The predicted octanol–water partition coefficient (Wildman–Crippen LogP) is 2.28. The van der Waals surface area contributed by atoms with E-state index in [1.807, 2.05) is 0 Å². The first-order chi connectivity index (χ1) is 7.02. The van der Waals surface area contributed by atoms with Gasteiger partial charge in [-0.15, -0.1) is 0 Å². The van der Waals surface area contributed by atoms with Crippen molar-refractivity contribution in [2.24, 2.45) is 17.1 Å². The second-order valence-electron chi connectivity index (χ2n) is 6.40. The molecular weight excluding hydrogens is 184 g/mol. The Morgan fingerprint density at radius 3 is 2.47 bits per heavy atom. The first-order valence-corrected chi connectivity index (χ1v) is 6.52. The van der Waals surface area contributed by atoms with E-state index in [-0.39, 0.29) is 5.54 Å². The van der Waals surface area contributed by atoms with Gasteiger partial charge in [-0.1, -0.05) is 19.8 Å². The predicted molar refractivity (Wildman–Crippen MR) is 64.8 cm³/mol. The van der Waals surface area contributed by atoms with Crippen molar-refractivity contribution < 1.29 is 0 Å². The fourth-order valence-corrected chi connectivity index (χ4v) is 2.93. The molecule has 0 aromatic carbocycles. The van der Waals surface area contributed by atoms with Crippen LogP contribution in [0.1, 0.15) is 52.4 Å². The third kappa shape index (κ3) is 2.94. The number of rotatable bonds is 5. The fraction of sp³-hybridized carbons (Fsp3) is 1.00. The highest BCUT2D eigenvalue weighted by Crippen LogP contribution is 2.39. The van der Waals surface area contributed by atoms with Crippen molar-refractivity contribution in [2.45, 2.75) is 57.9 Å². The lowest BCUT2D eigenvalue weighted by molar-refractivity contribution is 0.289. The van der Waals surface area contributed by atoms with E-state index < -0.39 is 0 Å². The van der Waals surface area contributed by atoms with E-state index >= 15 is 0 Å². The van der Waals surface area contributed by atoms with Gasteiger partial charge >= 0.3 is 0 Å². The average Bonchev–Trinajstić information content (AvgIpc) is 2.92. The molecule has 0 radical (unpaired) electrons. The van der Waals surface area contributed by atoms with Crippen LogP contribution in [-0.2, 0) is 0 Å². The molecule has 0 amide bonds. The van der Waals surface area contributed by atoms with E-state index in [1.165, 1.54) is 38.5 Å². The van der Waals surface area contributed by atoms with Gasteiger partial charge in [-0.2, -0.15) is 0 Å². The molecule has 0 aromatic heterocycles. The maximum atomic E-state index is 6.29. The molecular formula is C13H26N2. The molecule has 1 unspecified atom stereocenters. The smallest absolute Gasteiger partial charge is 0.0280 e. The lowest BCUT2D eigenvalue weighted by Crippen LogP contribution is -2.49. The second-order valence-corrected chi connectivity index (χ2v) is 6.40. The molecule has 2 heteroatoms. The van der Waals surface area contributed by atoms with Gasteiger partial charge in [0.25, 0.3) is 0 Å². The molecule has 0 saturated heterocycles. The first kappa shape index (κ1) is 11.4. The Morgan fingerprint density at radius 1 is 1.33 bits per heavy atom. The SMILES string of the molecule is CC1(CNCC(C)(N)C2CC2)CCCC1. The molecule has 2 rings (SSSR count). The van der Waals surface area contributed by atoms with Crippen LogP contribution in [0.5, 0.6) is 0 Å². The van der Waals surface area contributed by atoms with Crippen LogP contribution in [0.2, 0.25) is 0 Å². The Kier molecular flexibility index (Phi) is 3.09. The normalized spacial score (nSPS) is 29.0. The van der Waals surface area contributed by atoms with E-state index in [0.29, 0.717) is 5.41 Å². The van der Waals surface area contributed by atoms with Crippen LogP contribution in [0.3, 0.4) is 0 Å². The molecule has 1 atom stereocenters. The minimum atomic E-state index is 0.0367. The molecule has 2 nitrogen and oxygen atoms in total. The summed E-state index contributed by atoms with van der Waals surface area (Å²) in [4.78, 5) is 0. The number of nitrogens with two attached hydrogens (primary N) is 1. The van der Waals surface area contributed by atoms with Crippen molar-refractivity contribution in [3.8, 4) is 0 Å². The minimum Gasteiger partial charge on any atom is -0.324 e. The number of nitrogens with one attached hydrogen (secondary N) is 1. The maximum Gasteiger partial charge on any atom is 0.0280 e. The molecule has 15 heavy (non-hydrogen) atoms. The van der Waals surface area contributed by atoms with Crippen LogP contribution in [0.25, 0.3) is 0 Å². The van der Waals surface area contributed by atoms with Crippen molar-refractivity contribution in [2.75, 3.05) is 13.1 Å². The lowest BCUT2D eigenvalue weighted by atomic mass is 9.88. The standard InChI is InChI=1S/C13H26N2/c1-12(7-3-4-8-12)9-15-10-13(2,14)11-5-6-11/h11,15H,3-10,14H2,1-2H3. The summed E-state index contributed by atoms with van der Waals surface area (Å²) >= 11 is 0. The molecule has 2 saturated carbocycles. The van der Waals surface area contributed by atoms with E-state index in [9.17, 15) is 0 Å². The third-order valence-corrected chi connectivity index (χ3v) is 4.38. The summed E-state index contributed by atoms with van der Waals surface area (Å²) in [6.07, 6.45) is 8.30. The average molecular weight is 210 g/mol. The Morgan fingerprint density at radius 2 is 1.93 bits per heavy atom. The fourth-order valence-electron chi connectivity index (χ4n) is 2.93. The topological polar surface area (TPSA) is 38.0 Å². The van der Waals surface area contributed by atoms with Crippen molar-refractivity contribution in [1.82, 2.24) is 5.32 Å². The molecule has 0 spiro atoms. The van der Waals surface area contributed by atoms with Gasteiger partial charge < -0.3 is 11.1 Å². The highest BCUT2D eigenvalue weighted by Gasteiger charge is 2.38. The summed E-state index contributed by atoms with van der Waals surface area (Å²) in [5.74, 6) is 0.779. The zero-order valence-corrected chi connectivity index (χ0v) is 10.3. The van der Waals surface area contributed by atoms with Gasteiger partial charge in [0.15, 0.2) is 0 Å². The van der Waals surface area contributed by atoms with E-state index in [2.05, 4.69) is 19.2 Å². The highest BCUT2D eigenvalue weighted by atomic mass is 15.0. The van der Waals surface area contributed by atoms with Crippen LogP contribution in [0.15, 0.2) is 0 Å². The summed E-state index contributed by atoms with van der Waals surface area (Å²) in [6, 6.07) is 0. The Labute approximate surface area is 94.0 Å². The van der Waals surface area contributed by atoms with Crippen LogP contribution in [0, 0.1) is 11.3 Å². The number of hydrogen-bond acceptors (Lipinski definition) is 2. The molecule has 88 valence electrons. The summed E-state index contributed by atoms with van der Waals surface area (Å²) in [7, 11) is 0. The van der Waals surface area contributed by atoms with Crippen molar-refractivity contribution in [3.05, 3.63) is 0 Å². The van der Waals surface area contributed by atoms with E-state index in [1.54, 1.807) is 0 Å². The highest BCUT2D eigenvalue weighted by molar-refractivity contribution is 4.97. The monoisotopic (exact) mass is 210 g/mol.